The molecule has 0 aliphatic heterocycles. The predicted octanol–water partition coefficient (Wildman–Crippen LogP) is 4.56. The minimum Gasteiger partial charge on any atom is -0.493 e. The summed E-state index contributed by atoms with van der Waals surface area (Å²) in [6, 6.07) is 19.6. The summed E-state index contributed by atoms with van der Waals surface area (Å²) >= 11 is 6.17. The van der Waals surface area contributed by atoms with Gasteiger partial charge in [0.25, 0.3) is 11.8 Å². The summed E-state index contributed by atoms with van der Waals surface area (Å²) in [6.07, 6.45) is 0. The van der Waals surface area contributed by atoms with E-state index in [4.69, 9.17) is 21.1 Å². The number of ether oxygens (including phenoxy) is 2. The van der Waals surface area contributed by atoms with E-state index in [1.54, 1.807) is 56.6 Å². The van der Waals surface area contributed by atoms with Crippen molar-refractivity contribution in [3.8, 4) is 11.5 Å². The van der Waals surface area contributed by atoms with E-state index >= 15 is 0 Å². The van der Waals surface area contributed by atoms with E-state index < -0.39 is 0 Å². The van der Waals surface area contributed by atoms with Crippen LogP contribution in [-0.2, 0) is 13.2 Å². The van der Waals surface area contributed by atoms with Crippen LogP contribution in [0.4, 0.5) is 0 Å². The van der Waals surface area contributed by atoms with Gasteiger partial charge in [0, 0.05) is 42.4 Å². The molecule has 0 aliphatic rings. The van der Waals surface area contributed by atoms with E-state index in [2.05, 4.69) is 5.32 Å². The SMILES string of the molecule is COc1cc(C(=O)NCc2cccc(C(=O)N(C)C)c2)ccc1OCc1ccccc1Cl. The Hall–Kier alpha value is -3.51. The molecular formula is C25H25ClN2O4. The van der Waals surface area contributed by atoms with Gasteiger partial charge in [-0.05, 0) is 42.0 Å². The summed E-state index contributed by atoms with van der Waals surface area (Å²) in [6.45, 7) is 0.573. The van der Waals surface area contributed by atoms with Crippen LogP contribution in [0.1, 0.15) is 31.8 Å². The number of amides is 2. The highest BCUT2D eigenvalue weighted by Crippen LogP contribution is 2.29. The van der Waals surface area contributed by atoms with Gasteiger partial charge < -0.3 is 19.7 Å². The minimum absolute atomic E-state index is 0.0877. The zero-order chi connectivity index (χ0) is 23.1. The first-order valence-electron chi connectivity index (χ1n) is 10.0. The molecule has 0 radical (unpaired) electrons. The summed E-state index contributed by atoms with van der Waals surface area (Å²) in [5, 5.41) is 3.49. The van der Waals surface area contributed by atoms with Gasteiger partial charge >= 0.3 is 0 Å². The molecule has 3 rings (SSSR count). The van der Waals surface area contributed by atoms with Crippen molar-refractivity contribution in [1.82, 2.24) is 10.2 Å². The first-order valence-corrected chi connectivity index (χ1v) is 10.4. The number of halogens is 1. The van der Waals surface area contributed by atoms with E-state index in [-0.39, 0.29) is 18.4 Å². The van der Waals surface area contributed by atoms with Crippen LogP contribution in [0.15, 0.2) is 66.7 Å². The third-order valence-corrected chi connectivity index (χ3v) is 5.17. The smallest absolute Gasteiger partial charge is 0.253 e. The van der Waals surface area contributed by atoms with E-state index in [0.717, 1.165) is 11.1 Å². The number of carbonyl (C=O) groups is 2. The normalized spacial score (nSPS) is 10.4. The third-order valence-electron chi connectivity index (χ3n) is 4.80. The Morgan fingerprint density at radius 2 is 1.72 bits per heavy atom. The predicted molar refractivity (Wildman–Crippen MR) is 124 cm³/mol. The molecule has 3 aromatic rings. The summed E-state index contributed by atoms with van der Waals surface area (Å²) in [7, 11) is 4.92. The lowest BCUT2D eigenvalue weighted by molar-refractivity contribution is 0.0827. The van der Waals surface area contributed by atoms with Crippen LogP contribution < -0.4 is 14.8 Å². The molecule has 0 aliphatic carbocycles. The maximum Gasteiger partial charge on any atom is 0.253 e. The quantitative estimate of drug-likeness (QED) is 0.544. The Morgan fingerprint density at radius 1 is 0.938 bits per heavy atom. The summed E-state index contributed by atoms with van der Waals surface area (Å²) in [5.41, 5.74) is 2.70. The Kier molecular flexibility index (Phi) is 7.73. The van der Waals surface area contributed by atoms with Crippen molar-refractivity contribution in [3.63, 3.8) is 0 Å². The molecule has 0 atom stereocenters. The fourth-order valence-corrected chi connectivity index (χ4v) is 3.25. The Morgan fingerprint density at radius 3 is 2.44 bits per heavy atom. The van der Waals surface area contributed by atoms with Crippen LogP contribution in [-0.4, -0.2) is 37.9 Å². The molecule has 3 aromatic carbocycles. The molecule has 0 unspecified atom stereocenters. The number of carbonyl (C=O) groups excluding carboxylic acids is 2. The van der Waals surface area contributed by atoms with Crippen LogP contribution in [0.5, 0.6) is 11.5 Å². The van der Waals surface area contributed by atoms with Crippen LogP contribution in [0.2, 0.25) is 5.02 Å². The highest BCUT2D eigenvalue weighted by atomic mass is 35.5. The topological polar surface area (TPSA) is 67.9 Å². The fourth-order valence-electron chi connectivity index (χ4n) is 3.06. The number of hydrogen-bond acceptors (Lipinski definition) is 4. The van der Waals surface area contributed by atoms with E-state index in [0.29, 0.717) is 34.2 Å². The zero-order valence-corrected chi connectivity index (χ0v) is 19.0. The lowest BCUT2D eigenvalue weighted by Gasteiger charge is -2.13. The molecule has 0 saturated heterocycles. The number of nitrogens with one attached hydrogen (secondary N) is 1. The Labute approximate surface area is 192 Å². The van der Waals surface area contributed by atoms with E-state index in [1.807, 2.05) is 24.3 Å². The van der Waals surface area contributed by atoms with Crippen molar-refractivity contribution >= 4 is 23.4 Å². The van der Waals surface area contributed by atoms with Gasteiger partial charge in [0.2, 0.25) is 0 Å². The lowest BCUT2D eigenvalue weighted by Crippen LogP contribution is -2.24. The number of benzene rings is 3. The standard InChI is InChI=1S/C25H25ClN2O4/c1-28(2)25(30)19-9-6-7-17(13-19)15-27-24(29)18-11-12-22(23(14-18)31-3)32-16-20-8-4-5-10-21(20)26/h4-14H,15-16H2,1-3H3,(H,27,29). The molecule has 0 aromatic heterocycles. The molecule has 166 valence electrons. The molecule has 1 N–H and O–H groups in total. The van der Waals surface area contributed by atoms with E-state index in [1.165, 1.54) is 12.0 Å². The van der Waals surface area contributed by atoms with Crippen LogP contribution in [0, 0.1) is 0 Å². The van der Waals surface area contributed by atoms with Gasteiger partial charge in [-0.15, -0.1) is 0 Å². The second-order valence-corrected chi connectivity index (χ2v) is 7.74. The van der Waals surface area contributed by atoms with Crippen molar-refractivity contribution in [3.05, 3.63) is 94.0 Å². The maximum atomic E-state index is 12.6. The largest absolute Gasteiger partial charge is 0.493 e. The first-order chi connectivity index (χ1) is 15.4. The maximum absolute atomic E-state index is 12.6. The monoisotopic (exact) mass is 452 g/mol. The lowest BCUT2D eigenvalue weighted by atomic mass is 10.1. The number of nitrogens with zero attached hydrogens (tertiary/aromatic N) is 1. The van der Waals surface area contributed by atoms with Crippen LogP contribution in [0.25, 0.3) is 0 Å². The molecule has 7 heteroatoms. The van der Waals surface area contributed by atoms with Crippen molar-refractivity contribution in [2.45, 2.75) is 13.2 Å². The molecule has 0 fully saturated rings. The summed E-state index contributed by atoms with van der Waals surface area (Å²) in [4.78, 5) is 26.3. The molecule has 6 nitrogen and oxygen atoms in total. The van der Waals surface area contributed by atoms with Crippen molar-refractivity contribution in [2.75, 3.05) is 21.2 Å². The molecule has 0 heterocycles. The average Bonchev–Trinajstić information content (AvgIpc) is 2.81. The van der Waals surface area contributed by atoms with Crippen molar-refractivity contribution in [1.29, 1.82) is 0 Å². The van der Waals surface area contributed by atoms with Gasteiger partial charge in [0.05, 0.1) is 7.11 Å². The minimum atomic E-state index is -0.259. The van der Waals surface area contributed by atoms with E-state index in [9.17, 15) is 9.59 Å². The average molecular weight is 453 g/mol. The summed E-state index contributed by atoms with van der Waals surface area (Å²) < 4.78 is 11.2. The van der Waals surface area contributed by atoms with Gasteiger partial charge in [0.15, 0.2) is 11.5 Å². The van der Waals surface area contributed by atoms with Gasteiger partial charge in [-0.3, -0.25) is 9.59 Å². The Bertz CT molecular complexity index is 1110. The molecule has 0 bridgehead atoms. The van der Waals surface area contributed by atoms with Crippen molar-refractivity contribution in [2.24, 2.45) is 0 Å². The second-order valence-electron chi connectivity index (χ2n) is 7.33. The molecule has 0 spiro atoms. The highest BCUT2D eigenvalue weighted by molar-refractivity contribution is 6.31. The van der Waals surface area contributed by atoms with Gasteiger partial charge in [-0.1, -0.05) is 41.9 Å². The molecule has 2 amide bonds. The third kappa shape index (κ3) is 5.80. The van der Waals surface area contributed by atoms with Crippen molar-refractivity contribution < 1.29 is 19.1 Å². The van der Waals surface area contributed by atoms with Gasteiger partial charge in [-0.25, -0.2) is 0 Å². The van der Waals surface area contributed by atoms with Gasteiger partial charge in [-0.2, -0.15) is 0 Å². The number of rotatable bonds is 8. The van der Waals surface area contributed by atoms with Gasteiger partial charge in [0.1, 0.15) is 6.61 Å². The highest BCUT2D eigenvalue weighted by Gasteiger charge is 2.13. The fraction of sp³-hybridized carbons (Fsp3) is 0.200. The van der Waals surface area contributed by atoms with Crippen LogP contribution in [0.3, 0.4) is 0 Å². The second kappa shape index (κ2) is 10.7. The zero-order valence-electron chi connectivity index (χ0n) is 18.2. The number of methoxy groups -OCH3 is 1. The van der Waals surface area contributed by atoms with Crippen LogP contribution >= 0.6 is 11.6 Å². The molecule has 0 saturated carbocycles. The molecular weight excluding hydrogens is 428 g/mol. The molecule has 32 heavy (non-hydrogen) atoms. The first kappa shape index (κ1) is 23.2. The summed E-state index contributed by atoms with van der Waals surface area (Å²) in [5.74, 6) is 0.614. The Balaban J connectivity index is 1.65. The number of hydrogen-bond donors (Lipinski definition) is 1.